The number of nitrogens with zero attached hydrogens (tertiary/aromatic N) is 1. The number of benzene rings is 1. The summed E-state index contributed by atoms with van der Waals surface area (Å²) < 4.78 is 31.3. The Morgan fingerprint density at radius 2 is 1.71 bits per heavy atom. The molecule has 38 heavy (non-hydrogen) atoms. The quantitative estimate of drug-likeness (QED) is 0.327. The molecule has 8 heteroatoms. The smallest absolute Gasteiger partial charge is 0.199 e. The number of carbonyl (C=O) groups excluding carboxylic acids is 1. The zero-order chi connectivity index (χ0) is 27.7. The third-order valence-corrected chi connectivity index (χ3v) is 12.8. The van der Waals surface area contributed by atoms with Crippen LogP contribution in [0.25, 0.3) is 11.1 Å². The van der Waals surface area contributed by atoms with Crippen molar-refractivity contribution >= 4 is 25.2 Å². The predicted octanol–water partition coefficient (Wildman–Crippen LogP) is 6.62. The van der Waals surface area contributed by atoms with Gasteiger partial charge < -0.3 is 23.1 Å². The van der Waals surface area contributed by atoms with E-state index in [9.17, 15) is 4.79 Å². The maximum absolute atomic E-state index is 13.5. The largest absolute Gasteiger partial charge is 0.491 e. The second kappa shape index (κ2) is 9.01. The number of fused-ring (bicyclic) bond motifs is 4. The minimum absolute atomic E-state index is 0.0737. The Hall–Kier alpha value is -2.52. The zero-order valence-corrected chi connectivity index (χ0v) is 24.9. The van der Waals surface area contributed by atoms with E-state index >= 15 is 0 Å². The first kappa shape index (κ1) is 27.1. The Morgan fingerprint density at radius 1 is 1.03 bits per heavy atom. The van der Waals surface area contributed by atoms with E-state index in [0.29, 0.717) is 47.0 Å². The zero-order valence-electron chi connectivity index (χ0n) is 23.9. The summed E-state index contributed by atoms with van der Waals surface area (Å²) in [5.74, 6) is 0.513. The van der Waals surface area contributed by atoms with Gasteiger partial charge in [0.1, 0.15) is 35.8 Å². The third-order valence-electron chi connectivity index (χ3n) is 8.26. The Morgan fingerprint density at radius 3 is 2.39 bits per heavy atom. The Balaban J connectivity index is 1.36. The van der Waals surface area contributed by atoms with Crippen molar-refractivity contribution in [1.82, 2.24) is 4.98 Å². The fraction of sp³-hybridized carbons (Fsp3) is 0.533. The van der Waals surface area contributed by atoms with Gasteiger partial charge in [-0.1, -0.05) is 20.8 Å². The first-order chi connectivity index (χ1) is 17.6. The molecule has 7 nitrogen and oxygen atoms in total. The standard InChI is InChI=1S/C30H39NO6Si/c1-28(2,3)38(8,9)34-17-23-22(36-30(6,7)37-23)16-33-18-12-13-19-20(15-18)29(4,5)27-24(26(19)32)25-21(35-27)11-10-14-31-25/h10-15,22-23H,16-17H2,1-9H3/t22-,23-/m1/s1. The molecule has 0 amide bonds. The van der Waals surface area contributed by atoms with Gasteiger partial charge in [-0.3, -0.25) is 9.78 Å². The molecule has 2 aromatic heterocycles. The van der Waals surface area contributed by atoms with Crippen molar-refractivity contribution < 1.29 is 27.8 Å². The fourth-order valence-corrected chi connectivity index (χ4v) is 6.06. The lowest BCUT2D eigenvalue weighted by molar-refractivity contribution is -0.150. The molecule has 1 aliphatic heterocycles. The van der Waals surface area contributed by atoms with Crippen LogP contribution in [0, 0.1) is 0 Å². The van der Waals surface area contributed by atoms with Gasteiger partial charge >= 0.3 is 0 Å². The molecular formula is C30H39NO6Si. The molecule has 0 radical (unpaired) electrons. The molecule has 3 heterocycles. The highest BCUT2D eigenvalue weighted by atomic mass is 28.4. The Kier molecular flexibility index (Phi) is 6.42. The van der Waals surface area contributed by atoms with Gasteiger partial charge in [0.25, 0.3) is 0 Å². The van der Waals surface area contributed by atoms with Gasteiger partial charge in [-0.2, -0.15) is 0 Å². The summed E-state index contributed by atoms with van der Waals surface area (Å²) in [4.78, 5) is 17.9. The van der Waals surface area contributed by atoms with Gasteiger partial charge in [0.15, 0.2) is 25.5 Å². The van der Waals surface area contributed by atoms with Crippen LogP contribution in [0.5, 0.6) is 5.75 Å². The number of furan rings is 1. The van der Waals surface area contributed by atoms with Crippen molar-refractivity contribution in [3.05, 3.63) is 59.0 Å². The topological polar surface area (TPSA) is 80.0 Å². The molecule has 0 spiro atoms. The molecule has 2 aliphatic rings. The second-order valence-corrected chi connectivity index (χ2v) is 17.7. The van der Waals surface area contributed by atoms with E-state index in [1.54, 1.807) is 6.20 Å². The summed E-state index contributed by atoms with van der Waals surface area (Å²) in [5, 5.41) is 0.108. The minimum atomic E-state index is -1.94. The third kappa shape index (κ3) is 4.61. The summed E-state index contributed by atoms with van der Waals surface area (Å²) in [7, 11) is -1.94. The molecule has 3 aromatic rings. The number of pyridine rings is 1. The van der Waals surface area contributed by atoms with Crippen molar-refractivity contribution in [3.63, 3.8) is 0 Å². The lowest BCUT2D eigenvalue weighted by Gasteiger charge is -2.37. The van der Waals surface area contributed by atoms with Crippen LogP contribution in [-0.2, 0) is 19.3 Å². The molecular weight excluding hydrogens is 498 g/mol. The first-order valence-corrected chi connectivity index (χ1v) is 16.2. The lowest BCUT2D eigenvalue weighted by atomic mass is 9.72. The highest BCUT2D eigenvalue weighted by Crippen LogP contribution is 2.46. The van der Waals surface area contributed by atoms with Crippen LogP contribution in [0.2, 0.25) is 18.1 Å². The average molecular weight is 538 g/mol. The van der Waals surface area contributed by atoms with E-state index in [1.807, 2.05) is 44.2 Å². The minimum Gasteiger partial charge on any atom is -0.491 e. The van der Waals surface area contributed by atoms with Gasteiger partial charge in [0.2, 0.25) is 0 Å². The van der Waals surface area contributed by atoms with Crippen LogP contribution in [0.4, 0.5) is 0 Å². The number of hydrogen-bond donors (Lipinski definition) is 0. The normalized spacial score (nSPS) is 22.4. The number of rotatable bonds is 6. The molecule has 1 saturated heterocycles. The predicted molar refractivity (Wildman–Crippen MR) is 148 cm³/mol. The summed E-state index contributed by atoms with van der Waals surface area (Å²) in [5.41, 5.74) is 2.76. The van der Waals surface area contributed by atoms with Crippen LogP contribution < -0.4 is 4.74 Å². The first-order valence-electron chi connectivity index (χ1n) is 13.3. The van der Waals surface area contributed by atoms with Gasteiger partial charge in [-0.05, 0) is 81.7 Å². The summed E-state index contributed by atoms with van der Waals surface area (Å²) in [6, 6.07) is 9.29. The van der Waals surface area contributed by atoms with Crippen LogP contribution in [0.15, 0.2) is 40.9 Å². The number of aromatic nitrogens is 1. The highest BCUT2D eigenvalue weighted by molar-refractivity contribution is 6.74. The molecule has 1 aromatic carbocycles. The van der Waals surface area contributed by atoms with E-state index in [2.05, 4.69) is 52.7 Å². The van der Waals surface area contributed by atoms with E-state index in [4.69, 9.17) is 23.1 Å². The van der Waals surface area contributed by atoms with Crippen molar-refractivity contribution in [2.75, 3.05) is 13.2 Å². The monoisotopic (exact) mass is 537 g/mol. The van der Waals surface area contributed by atoms with Gasteiger partial charge in [0, 0.05) is 17.2 Å². The molecule has 204 valence electrons. The van der Waals surface area contributed by atoms with Crippen LogP contribution in [-0.4, -0.2) is 50.3 Å². The molecule has 5 rings (SSSR count). The number of ether oxygens (including phenoxy) is 3. The van der Waals surface area contributed by atoms with E-state index in [1.165, 1.54) is 0 Å². The van der Waals surface area contributed by atoms with E-state index in [-0.39, 0.29) is 23.0 Å². The highest BCUT2D eigenvalue weighted by Gasteiger charge is 2.45. The number of carbonyl (C=O) groups is 1. The van der Waals surface area contributed by atoms with Crippen LogP contribution in [0.3, 0.4) is 0 Å². The average Bonchev–Trinajstić information content (AvgIpc) is 3.37. The van der Waals surface area contributed by atoms with Gasteiger partial charge in [-0.15, -0.1) is 0 Å². The number of ketones is 1. The van der Waals surface area contributed by atoms with E-state index < -0.39 is 19.5 Å². The van der Waals surface area contributed by atoms with Crippen LogP contribution in [0.1, 0.15) is 75.7 Å². The van der Waals surface area contributed by atoms with Crippen molar-refractivity contribution in [2.24, 2.45) is 0 Å². The van der Waals surface area contributed by atoms with E-state index in [0.717, 1.165) is 5.56 Å². The Labute approximate surface area is 225 Å². The van der Waals surface area contributed by atoms with Gasteiger partial charge in [0.05, 0.1) is 12.2 Å². The maximum Gasteiger partial charge on any atom is 0.199 e. The van der Waals surface area contributed by atoms with Crippen LogP contribution >= 0.6 is 0 Å². The van der Waals surface area contributed by atoms with Crippen molar-refractivity contribution in [2.45, 2.75) is 90.0 Å². The molecule has 0 bridgehead atoms. The summed E-state index contributed by atoms with van der Waals surface area (Å²) in [6.45, 7) is 19.9. The maximum atomic E-state index is 13.5. The van der Waals surface area contributed by atoms with Crippen molar-refractivity contribution in [1.29, 1.82) is 0 Å². The molecule has 1 aliphatic carbocycles. The molecule has 2 atom stereocenters. The lowest BCUT2D eigenvalue weighted by Crippen LogP contribution is -2.44. The molecule has 0 saturated carbocycles. The second-order valence-electron chi connectivity index (χ2n) is 12.9. The fourth-order valence-electron chi connectivity index (χ4n) is 5.04. The molecule has 0 N–H and O–H groups in total. The molecule has 1 fully saturated rings. The Bertz CT molecular complexity index is 1380. The summed E-state index contributed by atoms with van der Waals surface area (Å²) >= 11 is 0. The summed E-state index contributed by atoms with van der Waals surface area (Å²) in [6.07, 6.45) is 1.17. The van der Waals surface area contributed by atoms with Gasteiger partial charge in [-0.25, -0.2) is 0 Å². The van der Waals surface area contributed by atoms with Crippen molar-refractivity contribution in [3.8, 4) is 5.75 Å². The molecule has 0 unspecified atom stereocenters. The number of hydrogen-bond acceptors (Lipinski definition) is 7. The SMILES string of the molecule is CC1(C)O[C@H](COc2ccc3c(c2)C(C)(C)c2oc4cccnc4c2C3=O)[C@@H](CO[Si](C)(C)C(C)(C)C)O1.